The maximum atomic E-state index is 13.5. The predicted molar refractivity (Wildman–Crippen MR) is 121 cm³/mol. The van der Waals surface area contributed by atoms with Crippen molar-refractivity contribution in [3.8, 4) is 16.9 Å². The van der Waals surface area contributed by atoms with Crippen molar-refractivity contribution in [2.24, 2.45) is 5.92 Å². The SMILES string of the molecule is O=C(Nc1cccc(F)c1)N1C[C@@H]2C[C@H](C1)c1c(-c3ccc(OC(F)(F)F)cc3)ccc(=O)n1C2. The van der Waals surface area contributed by atoms with E-state index in [2.05, 4.69) is 10.1 Å². The van der Waals surface area contributed by atoms with E-state index in [9.17, 15) is 27.2 Å². The van der Waals surface area contributed by atoms with Crippen LogP contribution in [0.2, 0.25) is 0 Å². The van der Waals surface area contributed by atoms with Crippen LogP contribution < -0.4 is 15.6 Å². The quantitative estimate of drug-likeness (QED) is 0.517. The number of nitrogens with one attached hydrogen (secondary N) is 1. The van der Waals surface area contributed by atoms with Gasteiger partial charge in [-0.1, -0.05) is 18.2 Å². The van der Waals surface area contributed by atoms with E-state index in [1.54, 1.807) is 21.6 Å². The summed E-state index contributed by atoms with van der Waals surface area (Å²) in [4.78, 5) is 27.2. The summed E-state index contributed by atoms with van der Waals surface area (Å²) in [5.74, 6) is -0.866. The van der Waals surface area contributed by atoms with Crippen molar-refractivity contribution < 1.29 is 27.1 Å². The third-order valence-electron chi connectivity index (χ3n) is 6.35. The third-order valence-corrected chi connectivity index (χ3v) is 6.35. The zero-order valence-electron chi connectivity index (χ0n) is 18.4. The number of hydrogen-bond donors (Lipinski definition) is 1. The third kappa shape index (κ3) is 4.87. The second-order valence-electron chi connectivity index (χ2n) is 8.80. The van der Waals surface area contributed by atoms with Crippen LogP contribution in [0, 0.1) is 11.7 Å². The second kappa shape index (κ2) is 8.75. The Kier molecular flexibility index (Phi) is 5.74. The Bertz CT molecular complexity index is 1320. The Balaban J connectivity index is 1.43. The number of benzene rings is 2. The summed E-state index contributed by atoms with van der Waals surface area (Å²) in [7, 11) is 0. The molecule has 2 atom stereocenters. The molecular formula is C25H21F4N3O3. The standard InChI is InChI=1S/C25H21F4N3O3/c26-18-2-1-3-19(11-18)30-24(34)31-12-15-10-17(14-31)23-21(8-9-22(33)32(23)13-15)16-4-6-20(7-5-16)35-25(27,28)29/h1-9,11,15,17H,10,12-14H2,(H,30,34)/t15-,17+/m0/s1. The molecule has 182 valence electrons. The van der Waals surface area contributed by atoms with E-state index in [1.807, 2.05) is 0 Å². The van der Waals surface area contributed by atoms with Gasteiger partial charge in [0.2, 0.25) is 0 Å². The Labute approximate surface area is 197 Å². The molecule has 3 heterocycles. The van der Waals surface area contributed by atoms with Gasteiger partial charge < -0.3 is 19.5 Å². The molecular weight excluding hydrogens is 466 g/mol. The van der Waals surface area contributed by atoms with Crippen molar-refractivity contribution in [1.82, 2.24) is 9.47 Å². The summed E-state index contributed by atoms with van der Waals surface area (Å²) in [5.41, 5.74) is 2.31. The van der Waals surface area contributed by atoms with Crippen molar-refractivity contribution in [1.29, 1.82) is 0 Å². The van der Waals surface area contributed by atoms with Crippen molar-refractivity contribution >= 4 is 11.7 Å². The summed E-state index contributed by atoms with van der Waals surface area (Å²) in [6.07, 6.45) is -4.01. The van der Waals surface area contributed by atoms with Crippen LogP contribution in [0.1, 0.15) is 18.0 Å². The number of amides is 2. The highest BCUT2D eigenvalue weighted by Gasteiger charge is 2.38. The van der Waals surface area contributed by atoms with Gasteiger partial charge in [-0.25, -0.2) is 9.18 Å². The molecule has 1 N–H and O–H groups in total. The smallest absolute Gasteiger partial charge is 0.406 e. The Morgan fingerprint density at radius 3 is 2.49 bits per heavy atom. The number of alkyl halides is 3. The first-order valence-corrected chi connectivity index (χ1v) is 11.1. The lowest BCUT2D eigenvalue weighted by Gasteiger charge is -2.43. The number of ether oxygens (including phenoxy) is 1. The minimum atomic E-state index is -4.78. The first-order chi connectivity index (χ1) is 16.7. The van der Waals surface area contributed by atoms with Gasteiger partial charge in [0.1, 0.15) is 11.6 Å². The molecule has 1 fully saturated rings. The average Bonchev–Trinajstić information content (AvgIpc) is 2.79. The highest BCUT2D eigenvalue weighted by atomic mass is 19.4. The number of carbonyl (C=O) groups is 1. The number of urea groups is 1. The number of rotatable bonds is 3. The summed E-state index contributed by atoms with van der Waals surface area (Å²) in [5, 5.41) is 2.72. The number of aromatic nitrogens is 1. The molecule has 0 aliphatic carbocycles. The van der Waals surface area contributed by atoms with Crippen molar-refractivity contribution in [3.63, 3.8) is 0 Å². The molecule has 2 bridgehead atoms. The van der Waals surface area contributed by atoms with E-state index >= 15 is 0 Å². The first-order valence-electron chi connectivity index (χ1n) is 11.1. The van der Waals surface area contributed by atoms with Crippen molar-refractivity contribution in [3.05, 3.63) is 82.5 Å². The predicted octanol–water partition coefficient (Wildman–Crippen LogP) is 5.20. The number of anilines is 1. The lowest BCUT2D eigenvalue weighted by atomic mass is 9.80. The van der Waals surface area contributed by atoms with E-state index < -0.39 is 12.2 Å². The van der Waals surface area contributed by atoms with Crippen LogP contribution in [0.4, 0.5) is 28.0 Å². The normalized spacial score (nSPS) is 19.1. The number of fused-ring (bicyclic) bond motifs is 4. The first kappa shape index (κ1) is 22.9. The zero-order valence-corrected chi connectivity index (χ0v) is 18.4. The highest BCUT2D eigenvalue weighted by Crippen LogP contribution is 2.40. The minimum absolute atomic E-state index is 0.0648. The van der Waals surface area contributed by atoms with Gasteiger partial charge in [0.25, 0.3) is 5.56 Å². The Morgan fingerprint density at radius 1 is 1.00 bits per heavy atom. The van der Waals surface area contributed by atoms with Crippen LogP contribution >= 0.6 is 0 Å². The largest absolute Gasteiger partial charge is 0.573 e. The van der Waals surface area contributed by atoms with Gasteiger partial charge in [-0.15, -0.1) is 13.2 Å². The maximum Gasteiger partial charge on any atom is 0.573 e. The van der Waals surface area contributed by atoms with Crippen molar-refractivity contribution in [2.45, 2.75) is 25.2 Å². The number of likely N-dealkylation sites (tertiary alicyclic amines) is 1. The van der Waals surface area contributed by atoms with Crippen LogP contribution in [0.5, 0.6) is 5.75 Å². The van der Waals surface area contributed by atoms with Gasteiger partial charge in [-0.05, 0) is 54.3 Å². The number of halogens is 4. The molecule has 0 saturated carbocycles. The number of nitrogens with zero attached hydrogens (tertiary/aromatic N) is 2. The van der Waals surface area contributed by atoms with Gasteiger partial charge in [0, 0.05) is 48.6 Å². The monoisotopic (exact) mass is 487 g/mol. The van der Waals surface area contributed by atoms with Crippen molar-refractivity contribution in [2.75, 3.05) is 18.4 Å². The van der Waals surface area contributed by atoms with Crippen LogP contribution in [0.15, 0.2) is 65.5 Å². The fourth-order valence-corrected chi connectivity index (χ4v) is 5.03. The van der Waals surface area contributed by atoms with Crippen LogP contribution in [-0.4, -0.2) is 34.9 Å². The second-order valence-corrected chi connectivity index (χ2v) is 8.80. The summed E-state index contributed by atoms with van der Waals surface area (Å²) < 4.78 is 56.7. The van der Waals surface area contributed by atoms with Crippen LogP contribution in [-0.2, 0) is 6.54 Å². The van der Waals surface area contributed by atoms with Crippen LogP contribution in [0.3, 0.4) is 0 Å². The molecule has 3 aromatic rings. The molecule has 10 heteroatoms. The minimum Gasteiger partial charge on any atom is -0.406 e. The fourth-order valence-electron chi connectivity index (χ4n) is 5.03. The molecule has 2 aliphatic heterocycles. The molecule has 2 amide bonds. The van der Waals surface area contributed by atoms with E-state index in [0.29, 0.717) is 30.9 Å². The molecule has 2 aromatic carbocycles. The molecule has 5 rings (SSSR count). The lowest BCUT2D eigenvalue weighted by molar-refractivity contribution is -0.274. The van der Waals surface area contributed by atoms with Gasteiger partial charge >= 0.3 is 12.4 Å². The molecule has 0 spiro atoms. The average molecular weight is 487 g/mol. The fraction of sp³-hybridized carbons (Fsp3) is 0.280. The van der Waals surface area contributed by atoms with Gasteiger partial charge in [0.05, 0.1) is 0 Å². The molecule has 2 aliphatic rings. The van der Waals surface area contributed by atoms with Gasteiger partial charge in [-0.2, -0.15) is 0 Å². The molecule has 6 nitrogen and oxygen atoms in total. The number of piperidine rings is 1. The number of pyridine rings is 1. The van der Waals surface area contributed by atoms with E-state index in [0.717, 1.165) is 17.7 Å². The molecule has 0 radical (unpaired) electrons. The Morgan fingerprint density at radius 2 is 1.77 bits per heavy atom. The van der Waals surface area contributed by atoms with Crippen LogP contribution in [0.25, 0.3) is 11.1 Å². The topological polar surface area (TPSA) is 63.6 Å². The molecule has 0 unspecified atom stereocenters. The number of hydrogen-bond acceptors (Lipinski definition) is 3. The molecule has 1 aromatic heterocycles. The van der Waals surface area contributed by atoms with E-state index in [-0.39, 0.29) is 29.2 Å². The summed E-state index contributed by atoms with van der Waals surface area (Å²) >= 11 is 0. The van der Waals surface area contributed by atoms with Gasteiger partial charge in [-0.3, -0.25) is 4.79 Å². The maximum absolute atomic E-state index is 13.5. The highest BCUT2D eigenvalue weighted by molar-refractivity contribution is 5.89. The zero-order chi connectivity index (χ0) is 24.7. The molecule has 35 heavy (non-hydrogen) atoms. The Hall–Kier alpha value is -3.82. The van der Waals surface area contributed by atoms with E-state index in [4.69, 9.17) is 0 Å². The number of carbonyl (C=O) groups excluding carboxylic acids is 1. The van der Waals surface area contributed by atoms with E-state index in [1.165, 1.54) is 48.5 Å². The lowest BCUT2D eigenvalue weighted by Crippen LogP contribution is -2.50. The summed E-state index contributed by atoms with van der Waals surface area (Å²) in [6.45, 7) is 1.23. The summed E-state index contributed by atoms with van der Waals surface area (Å²) in [6, 6.07) is 13.9. The van der Waals surface area contributed by atoms with Gasteiger partial charge in [0.15, 0.2) is 0 Å². The molecule has 1 saturated heterocycles.